The summed E-state index contributed by atoms with van der Waals surface area (Å²) in [5.74, 6) is -9.31. The highest BCUT2D eigenvalue weighted by molar-refractivity contribution is 5.81. The molecule has 0 spiro atoms. The Kier molecular flexibility index (Phi) is 6.66. The number of anilines is 3. The van der Waals surface area contributed by atoms with Gasteiger partial charge in [0.25, 0.3) is 0 Å². The van der Waals surface area contributed by atoms with Gasteiger partial charge in [0.05, 0.1) is 11.8 Å². The van der Waals surface area contributed by atoms with Crippen LogP contribution in [-0.4, -0.2) is 47.3 Å². The van der Waals surface area contributed by atoms with Crippen molar-refractivity contribution >= 4 is 24.1 Å². The third-order valence-corrected chi connectivity index (χ3v) is 5.49. The maximum Gasteiger partial charge on any atom is 0.250 e. The SMILES string of the molecule is Fc1c(F)c(F)c(C=NNc2nc(N3CCCCC3)nc(N3CCCCC3)n2)c(F)c1F. The van der Waals surface area contributed by atoms with Crippen LogP contribution < -0.4 is 15.2 Å². The predicted molar refractivity (Wildman–Crippen MR) is 109 cm³/mol. The smallest absolute Gasteiger partial charge is 0.250 e. The molecule has 1 aromatic heterocycles. The number of aromatic nitrogens is 3. The Hall–Kier alpha value is -3.05. The number of halogens is 5. The number of rotatable bonds is 5. The quantitative estimate of drug-likeness (QED) is 0.242. The molecule has 0 saturated carbocycles. The highest BCUT2D eigenvalue weighted by atomic mass is 19.2. The largest absolute Gasteiger partial charge is 0.341 e. The monoisotopic (exact) mass is 455 g/mol. The molecule has 4 rings (SSSR count). The summed E-state index contributed by atoms with van der Waals surface area (Å²) in [4.78, 5) is 17.3. The van der Waals surface area contributed by atoms with Gasteiger partial charge < -0.3 is 9.80 Å². The minimum atomic E-state index is -2.22. The van der Waals surface area contributed by atoms with Crippen molar-refractivity contribution in [3.05, 3.63) is 34.6 Å². The van der Waals surface area contributed by atoms with Crippen LogP contribution in [0, 0.1) is 29.1 Å². The van der Waals surface area contributed by atoms with Crippen LogP contribution >= 0.6 is 0 Å². The van der Waals surface area contributed by atoms with Crippen molar-refractivity contribution in [3.63, 3.8) is 0 Å². The van der Waals surface area contributed by atoms with Gasteiger partial charge in [0.2, 0.25) is 23.7 Å². The summed E-state index contributed by atoms with van der Waals surface area (Å²) >= 11 is 0. The van der Waals surface area contributed by atoms with Gasteiger partial charge in [-0.2, -0.15) is 20.1 Å². The fraction of sp³-hybridized carbons (Fsp3) is 0.500. The molecule has 2 aliphatic heterocycles. The topological polar surface area (TPSA) is 69.5 Å². The van der Waals surface area contributed by atoms with Crippen molar-refractivity contribution in [1.29, 1.82) is 0 Å². The standard InChI is InChI=1S/C20H22F5N7/c21-13-12(14(22)16(24)17(25)15(13)23)11-26-30-18-27-19(31-7-3-1-4-8-31)29-20(28-18)32-9-5-2-6-10-32/h11H,1-10H2,(H,27,28,29,30). The molecule has 0 bridgehead atoms. The van der Waals surface area contributed by atoms with Gasteiger partial charge in [-0.3, -0.25) is 0 Å². The van der Waals surface area contributed by atoms with E-state index in [1.807, 2.05) is 9.80 Å². The Morgan fingerprint density at radius 3 is 1.53 bits per heavy atom. The number of nitrogens with zero attached hydrogens (tertiary/aromatic N) is 6. The molecule has 2 aliphatic rings. The van der Waals surface area contributed by atoms with Gasteiger partial charge in [0.1, 0.15) is 0 Å². The second kappa shape index (κ2) is 9.61. The zero-order valence-electron chi connectivity index (χ0n) is 17.2. The molecule has 2 fully saturated rings. The summed E-state index contributed by atoms with van der Waals surface area (Å²) < 4.78 is 67.7. The Labute approximate surface area is 181 Å². The number of hydrazone groups is 1. The minimum Gasteiger partial charge on any atom is -0.341 e. The van der Waals surface area contributed by atoms with E-state index in [1.165, 1.54) is 0 Å². The van der Waals surface area contributed by atoms with Gasteiger partial charge in [-0.25, -0.2) is 27.4 Å². The molecule has 0 atom stereocenters. The number of piperidine rings is 2. The van der Waals surface area contributed by atoms with Gasteiger partial charge >= 0.3 is 0 Å². The van der Waals surface area contributed by atoms with Crippen LogP contribution in [0.1, 0.15) is 44.1 Å². The second-order valence-electron chi connectivity index (χ2n) is 7.71. The van der Waals surface area contributed by atoms with Gasteiger partial charge in [-0.15, -0.1) is 0 Å². The van der Waals surface area contributed by atoms with Crippen LogP contribution in [0.15, 0.2) is 5.10 Å². The third kappa shape index (κ3) is 4.58. The lowest BCUT2D eigenvalue weighted by Crippen LogP contribution is -2.34. The predicted octanol–water partition coefficient (Wildman–Crippen LogP) is 3.99. The Balaban J connectivity index is 1.61. The average molecular weight is 455 g/mol. The van der Waals surface area contributed by atoms with Crippen molar-refractivity contribution in [3.8, 4) is 0 Å². The first-order chi connectivity index (χ1) is 15.5. The fourth-order valence-corrected chi connectivity index (χ4v) is 3.76. The number of hydrogen-bond donors (Lipinski definition) is 1. The van der Waals surface area contributed by atoms with Crippen molar-refractivity contribution in [2.45, 2.75) is 38.5 Å². The van der Waals surface area contributed by atoms with Gasteiger partial charge in [-0.1, -0.05) is 0 Å². The van der Waals surface area contributed by atoms with E-state index in [4.69, 9.17) is 0 Å². The van der Waals surface area contributed by atoms with E-state index >= 15 is 0 Å². The van der Waals surface area contributed by atoms with Crippen LogP contribution in [0.4, 0.5) is 39.8 Å². The number of nitrogens with one attached hydrogen (secondary N) is 1. The molecule has 172 valence electrons. The second-order valence-corrected chi connectivity index (χ2v) is 7.71. The zero-order chi connectivity index (χ0) is 22.7. The Morgan fingerprint density at radius 2 is 1.06 bits per heavy atom. The van der Waals surface area contributed by atoms with Crippen molar-refractivity contribution in [2.75, 3.05) is 41.4 Å². The summed E-state index contributed by atoms with van der Waals surface area (Å²) in [7, 11) is 0. The summed E-state index contributed by atoms with van der Waals surface area (Å²) in [6.07, 6.45) is 6.78. The Bertz CT molecular complexity index is 939. The Morgan fingerprint density at radius 1 is 0.625 bits per heavy atom. The lowest BCUT2D eigenvalue weighted by atomic mass is 10.1. The van der Waals surface area contributed by atoms with E-state index in [1.54, 1.807) is 0 Å². The van der Waals surface area contributed by atoms with Crippen LogP contribution in [0.5, 0.6) is 0 Å². The summed E-state index contributed by atoms with van der Waals surface area (Å²) in [6.45, 7) is 3.15. The molecule has 32 heavy (non-hydrogen) atoms. The molecule has 0 radical (unpaired) electrons. The van der Waals surface area contributed by atoms with E-state index in [9.17, 15) is 22.0 Å². The lowest BCUT2D eigenvalue weighted by molar-refractivity contribution is 0.377. The minimum absolute atomic E-state index is 0.0151. The van der Waals surface area contributed by atoms with E-state index in [2.05, 4.69) is 25.5 Å². The molecule has 0 amide bonds. The average Bonchev–Trinajstić information content (AvgIpc) is 2.84. The molecule has 1 aromatic carbocycles. The van der Waals surface area contributed by atoms with Crippen molar-refractivity contribution in [2.24, 2.45) is 5.10 Å². The zero-order valence-corrected chi connectivity index (χ0v) is 17.2. The lowest BCUT2D eigenvalue weighted by Gasteiger charge is -2.30. The van der Waals surface area contributed by atoms with E-state index in [0.717, 1.165) is 64.7 Å². The molecule has 2 aromatic rings. The number of benzene rings is 1. The van der Waals surface area contributed by atoms with Crippen molar-refractivity contribution in [1.82, 2.24) is 15.0 Å². The molecule has 0 unspecified atom stereocenters. The molecule has 7 nitrogen and oxygen atoms in total. The van der Waals surface area contributed by atoms with Crippen LogP contribution in [-0.2, 0) is 0 Å². The maximum absolute atomic E-state index is 13.8. The molecule has 3 heterocycles. The van der Waals surface area contributed by atoms with Gasteiger partial charge in [0.15, 0.2) is 23.3 Å². The van der Waals surface area contributed by atoms with E-state index in [0.29, 0.717) is 18.1 Å². The van der Waals surface area contributed by atoms with E-state index < -0.39 is 34.6 Å². The van der Waals surface area contributed by atoms with Crippen LogP contribution in [0.3, 0.4) is 0 Å². The highest BCUT2D eigenvalue weighted by Gasteiger charge is 2.25. The van der Waals surface area contributed by atoms with Gasteiger partial charge in [0, 0.05) is 26.2 Å². The van der Waals surface area contributed by atoms with Crippen LogP contribution in [0.25, 0.3) is 0 Å². The molecule has 12 heteroatoms. The first-order valence-corrected chi connectivity index (χ1v) is 10.5. The highest BCUT2D eigenvalue weighted by Crippen LogP contribution is 2.24. The first kappa shape index (κ1) is 22.2. The molecule has 0 aliphatic carbocycles. The molecule has 2 saturated heterocycles. The maximum atomic E-state index is 13.8. The normalized spacial score (nSPS) is 17.3. The summed E-state index contributed by atoms with van der Waals surface area (Å²) in [6, 6.07) is 0. The summed E-state index contributed by atoms with van der Waals surface area (Å²) in [5.41, 5.74) is 1.29. The molecular formula is C20H22F5N7. The fourth-order valence-electron chi connectivity index (χ4n) is 3.76. The molecule has 1 N–H and O–H groups in total. The first-order valence-electron chi connectivity index (χ1n) is 10.5. The molecular weight excluding hydrogens is 433 g/mol. The number of hydrogen-bond acceptors (Lipinski definition) is 7. The van der Waals surface area contributed by atoms with E-state index in [-0.39, 0.29) is 5.95 Å². The van der Waals surface area contributed by atoms with Gasteiger partial charge in [-0.05, 0) is 38.5 Å². The van der Waals surface area contributed by atoms with Crippen molar-refractivity contribution < 1.29 is 22.0 Å². The van der Waals surface area contributed by atoms with Crippen LogP contribution in [0.2, 0.25) is 0 Å². The third-order valence-electron chi connectivity index (χ3n) is 5.49. The summed E-state index contributed by atoms with van der Waals surface area (Å²) in [5, 5.41) is 3.62.